The van der Waals surface area contributed by atoms with Gasteiger partial charge in [-0.15, -0.1) is 12.4 Å². The second kappa shape index (κ2) is 5.92. The van der Waals surface area contributed by atoms with Crippen molar-refractivity contribution < 1.29 is 9.72 Å². The highest BCUT2D eigenvalue weighted by atomic mass is 35.5. The van der Waals surface area contributed by atoms with E-state index in [2.05, 4.69) is 5.32 Å². The number of hydrogen-bond acceptors (Lipinski definition) is 4. The van der Waals surface area contributed by atoms with Gasteiger partial charge in [0.2, 0.25) is 5.91 Å². The predicted octanol–water partition coefficient (Wildman–Crippen LogP) is 1.30. The highest BCUT2D eigenvalue weighted by Gasteiger charge is 2.09. The van der Waals surface area contributed by atoms with Crippen LogP contribution in [-0.4, -0.2) is 16.9 Å². The number of nitro groups is 1. The summed E-state index contributed by atoms with van der Waals surface area (Å²) in [6, 6.07) is 5.26. The molecule has 0 bridgehead atoms. The van der Waals surface area contributed by atoms with Gasteiger partial charge in [-0.3, -0.25) is 14.9 Å². The average Bonchev–Trinajstić information content (AvgIpc) is 2.18. The van der Waals surface area contributed by atoms with Gasteiger partial charge in [-0.25, -0.2) is 0 Å². The SMILES string of the molecule is C[C@H](Nc1ccc([N+](=O)[O-])cc1)C(N)=O.Cl. The van der Waals surface area contributed by atoms with Gasteiger partial charge in [0.05, 0.1) is 4.92 Å². The van der Waals surface area contributed by atoms with Gasteiger partial charge in [0.15, 0.2) is 0 Å². The van der Waals surface area contributed by atoms with Crippen LogP contribution in [0.4, 0.5) is 11.4 Å². The molecule has 1 amide bonds. The van der Waals surface area contributed by atoms with Crippen LogP contribution in [0.1, 0.15) is 6.92 Å². The first-order valence-corrected chi connectivity index (χ1v) is 4.31. The molecule has 0 saturated carbocycles. The predicted molar refractivity (Wildman–Crippen MR) is 62.6 cm³/mol. The molecule has 3 N–H and O–H groups in total. The van der Waals surface area contributed by atoms with E-state index < -0.39 is 16.9 Å². The minimum Gasteiger partial charge on any atom is -0.374 e. The smallest absolute Gasteiger partial charge is 0.269 e. The Bertz CT molecular complexity index is 380. The molecule has 0 aliphatic heterocycles. The van der Waals surface area contributed by atoms with E-state index in [1.165, 1.54) is 24.3 Å². The molecule has 0 radical (unpaired) electrons. The number of benzene rings is 1. The summed E-state index contributed by atoms with van der Waals surface area (Å²) in [5.41, 5.74) is 5.68. The lowest BCUT2D eigenvalue weighted by Gasteiger charge is -2.10. The maximum atomic E-state index is 10.7. The van der Waals surface area contributed by atoms with Gasteiger partial charge >= 0.3 is 0 Å². The minimum atomic E-state index is -0.508. The highest BCUT2D eigenvalue weighted by molar-refractivity contribution is 5.85. The number of rotatable bonds is 4. The third kappa shape index (κ3) is 3.74. The molecular weight excluding hydrogens is 234 g/mol. The van der Waals surface area contributed by atoms with E-state index in [-0.39, 0.29) is 18.1 Å². The number of non-ortho nitro benzene ring substituents is 1. The number of carbonyl (C=O) groups excluding carboxylic acids is 1. The zero-order valence-electron chi connectivity index (χ0n) is 8.54. The number of nitrogens with one attached hydrogen (secondary N) is 1. The van der Waals surface area contributed by atoms with Crippen LogP contribution in [0, 0.1) is 10.1 Å². The van der Waals surface area contributed by atoms with Gasteiger partial charge in [0, 0.05) is 17.8 Å². The molecule has 0 unspecified atom stereocenters. The van der Waals surface area contributed by atoms with Gasteiger partial charge in [-0.2, -0.15) is 0 Å². The molecule has 0 spiro atoms. The fourth-order valence-electron chi connectivity index (χ4n) is 1.00. The van der Waals surface area contributed by atoms with Crippen molar-refractivity contribution in [3.63, 3.8) is 0 Å². The Hall–Kier alpha value is -1.82. The Balaban J connectivity index is 0.00000225. The molecular formula is C9H12ClN3O3. The van der Waals surface area contributed by atoms with Gasteiger partial charge in [-0.05, 0) is 19.1 Å². The lowest BCUT2D eigenvalue weighted by Crippen LogP contribution is -2.32. The summed E-state index contributed by atoms with van der Waals surface area (Å²) >= 11 is 0. The Morgan fingerprint density at radius 3 is 2.31 bits per heavy atom. The van der Waals surface area contributed by atoms with Crippen LogP contribution in [0.25, 0.3) is 0 Å². The van der Waals surface area contributed by atoms with Crippen LogP contribution in [0.15, 0.2) is 24.3 Å². The monoisotopic (exact) mass is 245 g/mol. The Morgan fingerprint density at radius 1 is 1.44 bits per heavy atom. The standard InChI is InChI=1S/C9H11N3O3.ClH/c1-6(9(10)13)11-7-2-4-8(5-3-7)12(14)15;/h2-6,11H,1H3,(H2,10,13);1H/t6-;/m0./s1. The van der Waals surface area contributed by atoms with Crippen LogP contribution in [0.3, 0.4) is 0 Å². The second-order valence-electron chi connectivity index (χ2n) is 3.07. The van der Waals surface area contributed by atoms with Crippen molar-refractivity contribution in [2.45, 2.75) is 13.0 Å². The summed E-state index contributed by atoms with van der Waals surface area (Å²) in [5.74, 6) is -0.478. The second-order valence-corrected chi connectivity index (χ2v) is 3.07. The molecule has 1 atom stereocenters. The summed E-state index contributed by atoms with van der Waals surface area (Å²) in [6.45, 7) is 1.61. The fraction of sp³-hybridized carbons (Fsp3) is 0.222. The van der Waals surface area contributed by atoms with Crippen LogP contribution in [0.2, 0.25) is 0 Å². The summed E-state index contributed by atoms with van der Waals surface area (Å²) in [5, 5.41) is 13.2. The molecule has 0 aliphatic carbocycles. The molecule has 16 heavy (non-hydrogen) atoms. The highest BCUT2D eigenvalue weighted by Crippen LogP contribution is 2.15. The van der Waals surface area contributed by atoms with Gasteiger partial charge in [0.1, 0.15) is 6.04 Å². The number of anilines is 1. The molecule has 88 valence electrons. The molecule has 7 heteroatoms. The molecule has 6 nitrogen and oxygen atoms in total. The first kappa shape index (κ1) is 14.2. The van der Waals surface area contributed by atoms with Crippen LogP contribution in [0.5, 0.6) is 0 Å². The Labute approximate surface area is 98.4 Å². The van der Waals surface area contributed by atoms with E-state index in [0.29, 0.717) is 5.69 Å². The van der Waals surface area contributed by atoms with Gasteiger partial charge < -0.3 is 11.1 Å². The van der Waals surface area contributed by atoms with E-state index in [1.807, 2.05) is 0 Å². The quantitative estimate of drug-likeness (QED) is 0.617. The maximum absolute atomic E-state index is 10.7. The zero-order chi connectivity index (χ0) is 11.4. The summed E-state index contributed by atoms with van der Waals surface area (Å²) in [7, 11) is 0. The molecule has 1 aromatic rings. The van der Waals surface area contributed by atoms with Crippen molar-refractivity contribution in [2.24, 2.45) is 5.73 Å². The molecule has 0 aromatic heterocycles. The van der Waals surface area contributed by atoms with E-state index in [9.17, 15) is 14.9 Å². The van der Waals surface area contributed by atoms with Crippen molar-refractivity contribution in [3.8, 4) is 0 Å². The number of nitrogens with zero attached hydrogens (tertiary/aromatic N) is 1. The summed E-state index contributed by atoms with van der Waals surface area (Å²) in [6.07, 6.45) is 0. The van der Waals surface area contributed by atoms with Crippen molar-refractivity contribution in [1.82, 2.24) is 0 Å². The van der Waals surface area contributed by atoms with E-state index in [0.717, 1.165) is 0 Å². The molecule has 0 aliphatic rings. The van der Waals surface area contributed by atoms with Gasteiger partial charge in [-0.1, -0.05) is 0 Å². The average molecular weight is 246 g/mol. The van der Waals surface area contributed by atoms with E-state index in [1.54, 1.807) is 6.92 Å². The zero-order valence-corrected chi connectivity index (χ0v) is 9.36. The normalized spacial score (nSPS) is 11.1. The lowest BCUT2D eigenvalue weighted by molar-refractivity contribution is -0.384. The summed E-state index contributed by atoms with van der Waals surface area (Å²) < 4.78 is 0. The largest absolute Gasteiger partial charge is 0.374 e. The van der Waals surface area contributed by atoms with Gasteiger partial charge in [0.25, 0.3) is 5.69 Å². The maximum Gasteiger partial charge on any atom is 0.269 e. The number of nitro benzene ring substituents is 1. The number of primary amides is 1. The number of amides is 1. The fourth-order valence-corrected chi connectivity index (χ4v) is 1.00. The van der Waals surface area contributed by atoms with Crippen molar-refractivity contribution in [2.75, 3.05) is 5.32 Å². The molecule has 0 fully saturated rings. The van der Waals surface area contributed by atoms with E-state index >= 15 is 0 Å². The number of halogens is 1. The lowest BCUT2D eigenvalue weighted by atomic mass is 10.2. The van der Waals surface area contributed by atoms with Crippen molar-refractivity contribution in [3.05, 3.63) is 34.4 Å². The topological polar surface area (TPSA) is 98.3 Å². The minimum absolute atomic E-state index is 0. The number of nitrogens with two attached hydrogens (primary N) is 1. The van der Waals surface area contributed by atoms with Crippen molar-refractivity contribution in [1.29, 1.82) is 0 Å². The van der Waals surface area contributed by atoms with Crippen LogP contribution in [-0.2, 0) is 4.79 Å². The van der Waals surface area contributed by atoms with E-state index in [4.69, 9.17) is 5.73 Å². The first-order valence-electron chi connectivity index (χ1n) is 4.31. The Morgan fingerprint density at radius 2 is 1.94 bits per heavy atom. The van der Waals surface area contributed by atoms with Crippen LogP contribution >= 0.6 is 12.4 Å². The third-order valence-corrected chi connectivity index (χ3v) is 1.89. The number of hydrogen-bond donors (Lipinski definition) is 2. The molecule has 0 saturated heterocycles. The first-order chi connectivity index (χ1) is 7.00. The molecule has 0 heterocycles. The third-order valence-electron chi connectivity index (χ3n) is 1.89. The molecule has 1 aromatic carbocycles. The Kier molecular flexibility index (Phi) is 5.24. The summed E-state index contributed by atoms with van der Waals surface area (Å²) in [4.78, 5) is 20.6. The molecule has 1 rings (SSSR count). The van der Waals surface area contributed by atoms with Crippen molar-refractivity contribution >= 4 is 29.7 Å². The van der Waals surface area contributed by atoms with Crippen LogP contribution < -0.4 is 11.1 Å². The number of carbonyl (C=O) groups is 1.